The maximum Gasteiger partial charge on any atom is 0.272 e. The van der Waals surface area contributed by atoms with E-state index >= 15 is 0 Å². The van der Waals surface area contributed by atoms with Gasteiger partial charge in [-0.1, -0.05) is 6.08 Å². The van der Waals surface area contributed by atoms with Gasteiger partial charge in [0.05, 0.1) is 0 Å². The molecule has 0 saturated carbocycles. The number of hydrogen-bond donors (Lipinski definition) is 1. The second-order valence-electron chi connectivity index (χ2n) is 5.13. The van der Waals surface area contributed by atoms with Crippen LogP contribution < -0.4 is 5.32 Å². The average molecular weight is 262 g/mol. The van der Waals surface area contributed by atoms with Crippen LogP contribution in [0.4, 0.5) is 0 Å². The summed E-state index contributed by atoms with van der Waals surface area (Å²) in [7, 11) is 1.85. The van der Waals surface area contributed by atoms with Crippen molar-refractivity contribution in [1.82, 2.24) is 20.0 Å². The first kappa shape index (κ1) is 13.8. The highest BCUT2D eigenvalue weighted by atomic mass is 16.2. The van der Waals surface area contributed by atoms with Crippen LogP contribution in [-0.2, 0) is 7.05 Å². The molecule has 0 bridgehead atoms. The molecular weight excluding hydrogens is 240 g/mol. The third-order valence-electron chi connectivity index (χ3n) is 3.66. The highest BCUT2D eigenvalue weighted by Crippen LogP contribution is 2.11. The number of nitrogens with one attached hydrogen (secondary N) is 1. The number of carbonyl (C=O) groups excluding carboxylic acids is 1. The van der Waals surface area contributed by atoms with E-state index < -0.39 is 0 Å². The van der Waals surface area contributed by atoms with Crippen molar-refractivity contribution < 1.29 is 4.79 Å². The predicted molar refractivity (Wildman–Crippen MR) is 75.1 cm³/mol. The van der Waals surface area contributed by atoms with Crippen LogP contribution in [0.5, 0.6) is 0 Å². The van der Waals surface area contributed by atoms with Crippen LogP contribution in [0.3, 0.4) is 0 Å². The Kier molecular flexibility index (Phi) is 4.37. The SMILES string of the molecule is C=CCN1CCC(NC(=O)c2cc(C)n(C)n2)CC1. The van der Waals surface area contributed by atoms with Gasteiger partial charge in [0.2, 0.25) is 0 Å². The molecule has 104 valence electrons. The lowest BCUT2D eigenvalue weighted by Gasteiger charge is -2.31. The van der Waals surface area contributed by atoms with Crippen LogP contribution in [-0.4, -0.2) is 46.3 Å². The molecule has 5 nitrogen and oxygen atoms in total. The number of rotatable bonds is 4. The number of carbonyl (C=O) groups is 1. The van der Waals surface area contributed by atoms with Gasteiger partial charge in [0.1, 0.15) is 5.69 Å². The van der Waals surface area contributed by atoms with Crippen LogP contribution >= 0.6 is 0 Å². The number of amides is 1. The fourth-order valence-corrected chi connectivity index (χ4v) is 2.37. The van der Waals surface area contributed by atoms with Crippen molar-refractivity contribution in [3.8, 4) is 0 Å². The highest BCUT2D eigenvalue weighted by molar-refractivity contribution is 5.92. The Hall–Kier alpha value is -1.62. The number of nitrogens with zero attached hydrogens (tertiary/aromatic N) is 3. The standard InChI is InChI=1S/C14H22N4O/c1-4-7-18-8-5-12(6-9-18)15-14(19)13-10-11(2)17(3)16-13/h4,10,12H,1,5-9H2,2-3H3,(H,15,19). The summed E-state index contributed by atoms with van der Waals surface area (Å²) in [5.41, 5.74) is 1.50. The molecule has 19 heavy (non-hydrogen) atoms. The number of piperidine rings is 1. The second kappa shape index (κ2) is 6.02. The minimum atomic E-state index is -0.0640. The minimum Gasteiger partial charge on any atom is -0.348 e. The summed E-state index contributed by atoms with van der Waals surface area (Å²) in [6, 6.07) is 2.08. The van der Waals surface area contributed by atoms with Gasteiger partial charge in [-0.2, -0.15) is 5.10 Å². The van der Waals surface area contributed by atoms with E-state index in [0.717, 1.165) is 38.2 Å². The van der Waals surface area contributed by atoms with E-state index in [9.17, 15) is 4.79 Å². The molecule has 1 fully saturated rings. The summed E-state index contributed by atoms with van der Waals surface area (Å²) in [6.45, 7) is 8.65. The molecule has 1 aliphatic heterocycles. The van der Waals surface area contributed by atoms with E-state index in [2.05, 4.69) is 21.9 Å². The molecule has 2 heterocycles. The first-order valence-electron chi connectivity index (χ1n) is 6.75. The van der Waals surface area contributed by atoms with Gasteiger partial charge in [-0.05, 0) is 25.8 Å². The molecule has 0 spiro atoms. The smallest absolute Gasteiger partial charge is 0.272 e. The summed E-state index contributed by atoms with van der Waals surface area (Å²) in [5, 5.41) is 7.27. The molecule has 0 atom stereocenters. The van der Waals surface area contributed by atoms with Crippen LogP contribution in [0.25, 0.3) is 0 Å². The first-order valence-corrected chi connectivity index (χ1v) is 6.75. The lowest BCUT2D eigenvalue weighted by molar-refractivity contribution is 0.0908. The van der Waals surface area contributed by atoms with Crippen LogP contribution in [0.15, 0.2) is 18.7 Å². The Labute approximate surface area is 114 Å². The minimum absolute atomic E-state index is 0.0640. The van der Waals surface area contributed by atoms with Crippen molar-refractivity contribution >= 4 is 5.91 Å². The molecule has 0 aliphatic carbocycles. The molecule has 2 rings (SSSR count). The van der Waals surface area contributed by atoms with Gasteiger partial charge in [-0.25, -0.2) is 0 Å². The summed E-state index contributed by atoms with van der Waals surface area (Å²) in [4.78, 5) is 14.4. The zero-order chi connectivity index (χ0) is 13.8. The molecule has 1 N–H and O–H groups in total. The van der Waals surface area contributed by atoms with Crippen molar-refractivity contribution in [2.75, 3.05) is 19.6 Å². The predicted octanol–water partition coefficient (Wildman–Crippen LogP) is 1.11. The van der Waals surface area contributed by atoms with E-state index in [1.807, 2.05) is 26.1 Å². The number of aryl methyl sites for hydroxylation is 2. The maximum atomic E-state index is 12.1. The Balaban J connectivity index is 1.85. The van der Waals surface area contributed by atoms with Crippen molar-refractivity contribution in [3.63, 3.8) is 0 Å². The summed E-state index contributed by atoms with van der Waals surface area (Å²) in [6.07, 6.45) is 3.91. The molecule has 0 unspecified atom stereocenters. The largest absolute Gasteiger partial charge is 0.348 e. The van der Waals surface area contributed by atoms with Gasteiger partial charge in [-0.3, -0.25) is 14.4 Å². The first-order chi connectivity index (χ1) is 9.10. The number of hydrogen-bond acceptors (Lipinski definition) is 3. The lowest BCUT2D eigenvalue weighted by atomic mass is 10.0. The number of aromatic nitrogens is 2. The molecule has 0 aromatic carbocycles. The van der Waals surface area contributed by atoms with Gasteiger partial charge in [0.25, 0.3) is 5.91 Å². The molecule has 1 amide bonds. The van der Waals surface area contributed by atoms with Crippen LogP contribution in [0, 0.1) is 6.92 Å². The van der Waals surface area contributed by atoms with Crippen LogP contribution in [0.2, 0.25) is 0 Å². The molecule has 1 aromatic rings. The molecular formula is C14H22N4O. The Morgan fingerprint density at radius 1 is 1.58 bits per heavy atom. The molecule has 1 aliphatic rings. The van der Waals surface area contributed by atoms with E-state index in [4.69, 9.17) is 0 Å². The number of likely N-dealkylation sites (tertiary alicyclic amines) is 1. The topological polar surface area (TPSA) is 50.2 Å². The monoisotopic (exact) mass is 262 g/mol. The van der Waals surface area contributed by atoms with Crippen molar-refractivity contribution in [1.29, 1.82) is 0 Å². The highest BCUT2D eigenvalue weighted by Gasteiger charge is 2.21. The van der Waals surface area contributed by atoms with Gasteiger partial charge >= 0.3 is 0 Å². The van der Waals surface area contributed by atoms with E-state index in [-0.39, 0.29) is 11.9 Å². The van der Waals surface area contributed by atoms with Gasteiger partial charge in [0.15, 0.2) is 0 Å². The van der Waals surface area contributed by atoms with Gasteiger partial charge < -0.3 is 5.32 Å². The third-order valence-corrected chi connectivity index (χ3v) is 3.66. The maximum absolute atomic E-state index is 12.1. The average Bonchev–Trinajstić information content (AvgIpc) is 2.72. The Morgan fingerprint density at radius 3 is 2.79 bits per heavy atom. The zero-order valence-electron chi connectivity index (χ0n) is 11.7. The molecule has 5 heteroatoms. The molecule has 1 saturated heterocycles. The Morgan fingerprint density at radius 2 is 2.26 bits per heavy atom. The summed E-state index contributed by atoms with van der Waals surface area (Å²) in [5.74, 6) is -0.0640. The normalized spacial score (nSPS) is 17.4. The molecule has 1 aromatic heterocycles. The van der Waals surface area contributed by atoms with E-state index in [0.29, 0.717) is 5.69 Å². The lowest BCUT2D eigenvalue weighted by Crippen LogP contribution is -2.44. The van der Waals surface area contributed by atoms with E-state index in [1.165, 1.54) is 0 Å². The second-order valence-corrected chi connectivity index (χ2v) is 5.13. The molecule has 0 radical (unpaired) electrons. The third kappa shape index (κ3) is 3.44. The van der Waals surface area contributed by atoms with E-state index in [1.54, 1.807) is 4.68 Å². The summed E-state index contributed by atoms with van der Waals surface area (Å²) < 4.78 is 1.72. The quantitative estimate of drug-likeness (QED) is 0.827. The van der Waals surface area contributed by atoms with Crippen molar-refractivity contribution in [2.24, 2.45) is 7.05 Å². The summed E-state index contributed by atoms with van der Waals surface area (Å²) >= 11 is 0. The van der Waals surface area contributed by atoms with Gasteiger partial charge in [0, 0.05) is 38.4 Å². The fraction of sp³-hybridized carbons (Fsp3) is 0.571. The van der Waals surface area contributed by atoms with Crippen molar-refractivity contribution in [2.45, 2.75) is 25.8 Å². The van der Waals surface area contributed by atoms with Gasteiger partial charge in [-0.15, -0.1) is 6.58 Å². The Bertz CT molecular complexity index is 439. The van der Waals surface area contributed by atoms with Crippen LogP contribution in [0.1, 0.15) is 29.0 Å². The zero-order valence-corrected chi connectivity index (χ0v) is 11.7. The fourth-order valence-electron chi connectivity index (χ4n) is 2.37. The van der Waals surface area contributed by atoms with Crippen molar-refractivity contribution in [3.05, 3.63) is 30.1 Å².